The first-order valence-corrected chi connectivity index (χ1v) is 21.6. The molecule has 3 aliphatic heterocycles. The lowest BCUT2D eigenvalue weighted by Gasteiger charge is -2.30. The van der Waals surface area contributed by atoms with Crippen LogP contribution in [0.15, 0.2) is 146 Å². The zero-order valence-electron chi connectivity index (χ0n) is 34.9. The lowest BCUT2D eigenvalue weighted by atomic mass is 9.84. The number of benzene rings is 6. The second-order valence-corrected chi connectivity index (χ2v) is 17.3. The normalized spacial score (nSPS) is 18.5. The molecule has 5 nitrogen and oxygen atoms in total. The highest BCUT2D eigenvalue weighted by molar-refractivity contribution is 6.10. The highest BCUT2D eigenvalue weighted by atomic mass is 15.2. The minimum Gasteiger partial charge on any atom is -0.384 e. The quantitative estimate of drug-likeness (QED) is 0.181. The predicted octanol–water partition coefficient (Wildman–Crippen LogP) is 11.4. The zero-order valence-corrected chi connectivity index (χ0v) is 34.9. The van der Waals surface area contributed by atoms with Gasteiger partial charge >= 0.3 is 5.49 Å². The lowest BCUT2D eigenvalue weighted by Crippen LogP contribution is -2.28. The molecule has 0 fully saturated rings. The maximum absolute atomic E-state index is 7.20. The van der Waals surface area contributed by atoms with Gasteiger partial charge in [0.1, 0.15) is 17.0 Å². The van der Waals surface area contributed by atoms with Crippen molar-refractivity contribution in [3.63, 3.8) is 0 Å². The van der Waals surface area contributed by atoms with Gasteiger partial charge in [-0.05, 0) is 122 Å². The number of aryl methyl sites for hydroxylation is 2. The number of hydrogen-bond acceptors (Lipinski definition) is 2. The molecule has 0 saturated carbocycles. The summed E-state index contributed by atoms with van der Waals surface area (Å²) in [5, 5.41) is 3.62. The molecule has 2 atom stereocenters. The van der Waals surface area contributed by atoms with E-state index in [0.717, 1.165) is 57.7 Å². The molecule has 0 saturated heterocycles. The summed E-state index contributed by atoms with van der Waals surface area (Å²) in [5.41, 5.74) is 28.7. The van der Waals surface area contributed by atoms with Crippen molar-refractivity contribution in [2.45, 2.75) is 52.5 Å². The Kier molecular flexibility index (Phi) is 7.79. The monoisotopic (exact) mass is 788 g/mol. The van der Waals surface area contributed by atoms with Crippen LogP contribution in [0.1, 0.15) is 60.4 Å². The number of rotatable bonds is 4. The minimum absolute atomic E-state index is 0.195. The molecule has 294 valence electrons. The van der Waals surface area contributed by atoms with Crippen LogP contribution in [0.2, 0.25) is 0 Å². The number of nitrogens with zero attached hydrogens (tertiary/aromatic N) is 4. The Bertz CT molecular complexity index is 3450. The fraction of sp³-hybridized carbons (Fsp3) is 0.143. The van der Waals surface area contributed by atoms with Crippen LogP contribution >= 0.6 is 0 Å². The number of aromatic nitrogens is 2. The van der Waals surface area contributed by atoms with E-state index in [1.807, 2.05) is 0 Å². The Morgan fingerprint density at radius 2 is 1.43 bits per heavy atom. The summed E-state index contributed by atoms with van der Waals surface area (Å²) in [4.78, 5) is 2.63. The highest BCUT2D eigenvalue weighted by Gasteiger charge is 2.39. The Labute approximate surface area is 355 Å². The van der Waals surface area contributed by atoms with Crippen molar-refractivity contribution in [3.05, 3.63) is 184 Å². The molecule has 0 spiro atoms. The Hall–Kier alpha value is -7.33. The third-order valence-corrected chi connectivity index (χ3v) is 13.5. The Morgan fingerprint density at radius 3 is 2.25 bits per heavy atom. The largest absolute Gasteiger partial charge is 0.388 e. The van der Waals surface area contributed by atoms with E-state index in [-0.39, 0.29) is 12.0 Å². The van der Waals surface area contributed by atoms with Gasteiger partial charge < -0.3 is 10.6 Å². The molecule has 2 bridgehead atoms. The predicted molar refractivity (Wildman–Crippen MR) is 257 cm³/mol. The van der Waals surface area contributed by atoms with Gasteiger partial charge in [0.05, 0.1) is 16.8 Å². The first kappa shape index (κ1) is 35.6. The third kappa shape index (κ3) is 5.30. The van der Waals surface area contributed by atoms with E-state index < -0.39 is 0 Å². The van der Waals surface area contributed by atoms with Crippen LogP contribution < -0.4 is 26.0 Å². The van der Waals surface area contributed by atoms with Crippen LogP contribution in [0.5, 0.6) is 0 Å². The Morgan fingerprint density at radius 1 is 0.672 bits per heavy atom. The van der Waals surface area contributed by atoms with E-state index in [4.69, 9.17) is 10.4 Å². The van der Waals surface area contributed by atoms with Gasteiger partial charge in [-0.25, -0.2) is 4.67 Å². The van der Waals surface area contributed by atoms with Crippen LogP contribution in [-0.4, -0.2) is 20.9 Å². The number of hydrogen-bond donors (Lipinski definition) is 1. The SMILES string of the molecule is C/C=C\c1c(N)n(-c2ccc(-c3ccc(C)cc3)cc2)c2cc3c(cc12)-c1ccccc1N1c2ccc(-n4c5c(c6cc(C)ccc64)=CC(C)=[N+]=5)cc2/C2=C/C=C\C3CCC21. The number of nitrogen functional groups attached to an aromatic ring is 1. The van der Waals surface area contributed by atoms with Crippen molar-refractivity contribution in [3.8, 4) is 33.6 Å². The van der Waals surface area contributed by atoms with Gasteiger partial charge in [-0.15, -0.1) is 0 Å². The van der Waals surface area contributed by atoms with Crippen LogP contribution in [0, 0.1) is 13.8 Å². The molecule has 2 unspecified atom stereocenters. The smallest absolute Gasteiger partial charge is 0.384 e. The molecule has 61 heavy (non-hydrogen) atoms. The molecule has 1 aliphatic carbocycles. The molecule has 5 heterocycles. The highest BCUT2D eigenvalue weighted by Crippen LogP contribution is 2.53. The summed E-state index contributed by atoms with van der Waals surface area (Å²) in [5.74, 6) is 0.970. The van der Waals surface area contributed by atoms with Gasteiger partial charge in [-0.3, -0.25) is 4.57 Å². The first-order chi connectivity index (χ1) is 29.8. The lowest BCUT2D eigenvalue weighted by molar-refractivity contribution is 0.634. The summed E-state index contributed by atoms with van der Waals surface area (Å²) in [6, 6.07) is 45.5. The zero-order chi connectivity index (χ0) is 41.1. The minimum atomic E-state index is 0.195. The van der Waals surface area contributed by atoms with Gasteiger partial charge in [0, 0.05) is 63.4 Å². The molecule has 2 aromatic heterocycles. The fourth-order valence-electron chi connectivity index (χ4n) is 10.7. The topological polar surface area (TPSA) is 53.2 Å². The molecule has 8 aromatic rings. The maximum atomic E-state index is 7.20. The maximum Gasteiger partial charge on any atom is 0.388 e. The molecule has 12 rings (SSSR count). The standard InChI is InChI=1S/C56H46N5/c1-5-9-43-48-31-45-41-11-6-7-13-50(41)61-51-26-21-38(44(45)32-54(48)59(55(43)57)39-22-19-37(20-23-39)36-17-14-33(2)15-18-36)10-8-12-42(51)47-30-40(24-27-53(47)61)60-52-25-16-34(3)28-46(52)49-29-35(4)58-56(49)60/h5-20,22-25,27-32,38,51H,21,26,57H2,1-4H3/q+1/b9-5-,10-8-,42-12-. The molecule has 0 amide bonds. The number of para-hydroxylation sites is 1. The molecule has 4 aliphatic rings. The van der Waals surface area contributed by atoms with Crippen LogP contribution in [0.25, 0.3) is 73.2 Å². The number of fused-ring (bicyclic) bond motifs is 14. The van der Waals surface area contributed by atoms with E-state index in [9.17, 15) is 0 Å². The van der Waals surface area contributed by atoms with Gasteiger partial charge in [0.15, 0.2) is 0 Å². The van der Waals surface area contributed by atoms with Crippen molar-refractivity contribution >= 4 is 62.4 Å². The van der Waals surface area contributed by atoms with Crippen molar-refractivity contribution < 1.29 is 0 Å². The molecular weight excluding hydrogens is 743 g/mol. The van der Waals surface area contributed by atoms with Crippen LogP contribution in [-0.2, 0) is 0 Å². The summed E-state index contributed by atoms with van der Waals surface area (Å²) in [7, 11) is 0. The van der Waals surface area contributed by atoms with E-state index in [1.54, 1.807) is 0 Å². The van der Waals surface area contributed by atoms with Crippen molar-refractivity contribution in [2.24, 2.45) is 0 Å². The first-order valence-electron chi connectivity index (χ1n) is 21.6. The number of anilines is 3. The molecule has 5 heteroatoms. The number of allylic oxidation sites excluding steroid dienone is 4. The second-order valence-electron chi connectivity index (χ2n) is 17.3. The van der Waals surface area contributed by atoms with E-state index in [0.29, 0.717) is 0 Å². The van der Waals surface area contributed by atoms with E-state index >= 15 is 0 Å². The summed E-state index contributed by atoms with van der Waals surface area (Å²) in [6.45, 7) is 8.46. The fourth-order valence-corrected chi connectivity index (χ4v) is 10.7. The Balaban J connectivity index is 1.04. The second kappa shape index (κ2) is 13.3. The summed E-state index contributed by atoms with van der Waals surface area (Å²) >= 11 is 0. The van der Waals surface area contributed by atoms with Gasteiger partial charge in [-0.2, -0.15) is 4.57 Å². The molecule has 0 radical (unpaired) electrons. The van der Waals surface area contributed by atoms with E-state index in [1.165, 1.54) is 77.6 Å². The van der Waals surface area contributed by atoms with Crippen LogP contribution in [0.4, 0.5) is 17.2 Å². The van der Waals surface area contributed by atoms with Gasteiger partial charge in [0.2, 0.25) is 5.71 Å². The molecule has 2 N–H and O–H groups in total. The van der Waals surface area contributed by atoms with Crippen molar-refractivity contribution in [1.82, 2.24) is 13.8 Å². The van der Waals surface area contributed by atoms with E-state index in [2.05, 4.69) is 200 Å². The van der Waals surface area contributed by atoms with Gasteiger partial charge in [-0.1, -0.05) is 102 Å². The molecular formula is C56H46N5+. The summed E-state index contributed by atoms with van der Waals surface area (Å²) in [6.07, 6.45) is 15.7. The average molecular weight is 789 g/mol. The third-order valence-electron chi connectivity index (χ3n) is 13.5. The average Bonchev–Trinajstić information content (AvgIpc) is 3.96. The molecule has 6 aromatic carbocycles. The number of nitrogens with two attached hydrogens (primary N) is 1. The van der Waals surface area contributed by atoms with Crippen molar-refractivity contribution in [2.75, 3.05) is 10.6 Å². The summed E-state index contributed by atoms with van der Waals surface area (Å²) < 4.78 is 9.68. The van der Waals surface area contributed by atoms with Gasteiger partial charge in [0.25, 0.3) is 0 Å². The van der Waals surface area contributed by atoms with Crippen LogP contribution in [0.3, 0.4) is 0 Å². The van der Waals surface area contributed by atoms with Crippen molar-refractivity contribution in [1.29, 1.82) is 0 Å².